The Morgan fingerprint density at radius 3 is 2.72 bits per heavy atom. The van der Waals surface area contributed by atoms with E-state index in [1.807, 2.05) is 6.92 Å². The number of hydrogen-bond acceptors (Lipinski definition) is 6. The fourth-order valence-corrected chi connectivity index (χ4v) is 2.82. The lowest BCUT2D eigenvalue weighted by molar-refractivity contribution is 0.0702. The minimum Gasteiger partial charge on any atom is -0.477 e. The van der Waals surface area contributed by atoms with Crippen molar-refractivity contribution in [2.45, 2.75) is 6.92 Å². The van der Waals surface area contributed by atoms with Gasteiger partial charge in [0.2, 0.25) is 5.06 Å². The van der Waals surface area contributed by atoms with Crippen molar-refractivity contribution in [3.05, 3.63) is 52.9 Å². The predicted octanol–water partition coefficient (Wildman–Crippen LogP) is 2.93. The first-order valence-electron chi connectivity index (χ1n) is 7.20. The van der Waals surface area contributed by atoms with E-state index in [-0.39, 0.29) is 15.6 Å². The van der Waals surface area contributed by atoms with Crippen molar-refractivity contribution >= 4 is 28.9 Å². The van der Waals surface area contributed by atoms with Crippen LogP contribution in [0.4, 0.5) is 5.69 Å². The van der Waals surface area contributed by atoms with Gasteiger partial charge < -0.3 is 15.2 Å². The highest BCUT2D eigenvalue weighted by Crippen LogP contribution is 2.38. The number of anilines is 1. The van der Waals surface area contributed by atoms with Crippen molar-refractivity contribution in [1.29, 1.82) is 0 Å². The van der Waals surface area contributed by atoms with Gasteiger partial charge in [0.15, 0.2) is 0 Å². The molecule has 0 fully saturated rings. The number of aryl methyl sites for hydroxylation is 2. The number of aromatic carboxylic acids is 1. The van der Waals surface area contributed by atoms with Gasteiger partial charge in [0.25, 0.3) is 5.91 Å². The first-order chi connectivity index (χ1) is 11.9. The van der Waals surface area contributed by atoms with Gasteiger partial charge in [-0.15, -0.1) is 0 Å². The molecule has 128 valence electrons. The summed E-state index contributed by atoms with van der Waals surface area (Å²) in [5.41, 5.74) is 1.46. The largest absolute Gasteiger partial charge is 0.477 e. The first kappa shape index (κ1) is 16.7. The van der Waals surface area contributed by atoms with Gasteiger partial charge in [-0.2, -0.15) is 5.10 Å². The van der Waals surface area contributed by atoms with Gasteiger partial charge in [0.05, 0.1) is 23.6 Å². The minimum absolute atomic E-state index is 0.0524. The molecule has 0 saturated carbocycles. The second kappa shape index (κ2) is 6.73. The first-order valence-corrected chi connectivity index (χ1v) is 8.01. The van der Waals surface area contributed by atoms with Crippen LogP contribution in [0.2, 0.25) is 0 Å². The van der Waals surface area contributed by atoms with Crippen LogP contribution in [0, 0.1) is 6.92 Å². The van der Waals surface area contributed by atoms with Crippen LogP contribution in [-0.4, -0.2) is 31.7 Å². The maximum absolute atomic E-state index is 12.3. The van der Waals surface area contributed by atoms with Gasteiger partial charge in [0, 0.05) is 18.9 Å². The number of hydrogen-bond donors (Lipinski definition) is 2. The highest BCUT2D eigenvalue weighted by atomic mass is 32.1. The summed E-state index contributed by atoms with van der Waals surface area (Å²) in [6, 6.07) is 4.85. The Hall–Kier alpha value is -3.20. The van der Waals surface area contributed by atoms with E-state index in [4.69, 9.17) is 4.74 Å². The molecule has 0 bridgehead atoms. The van der Waals surface area contributed by atoms with E-state index in [0.29, 0.717) is 11.3 Å². The maximum Gasteiger partial charge on any atom is 0.346 e. The van der Waals surface area contributed by atoms with Crippen molar-refractivity contribution in [3.63, 3.8) is 0 Å². The number of carbonyl (C=O) groups excluding carboxylic acids is 1. The Kier molecular flexibility index (Phi) is 4.48. The standard InChI is InChI=1S/C16H14N4O4S/c1-9-3-4-11(7-17-9)24-16-12(5-13(25-16)15(22)23)19-14(21)10-6-18-20(2)8-10/h3-8H,1-2H3,(H,19,21)(H,22,23). The van der Waals surface area contributed by atoms with E-state index < -0.39 is 11.9 Å². The number of ether oxygens (including phenoxy) is 1. The molecule has 9 heteroatoms. The van der Waals surface area contributed by atoms with E-state index in [0.717, 1.165) is 17.0 Å². The summed E-state index contributed by atoms with van der Waals surface area (Å²) >= 11 is 0.924. The second-order valence-corrected chi connectivity index (χ2v) is 6.23. The van der Waals surface area contributed by atoms with Gasteiger partial charge in [-0.05, 0) is 25.1 Å². The van der Waals surface area contributed by atoms with Gasteiger partial charge in [-0.25, -0.2) is 4.79 Å². The number of carboxylic acids is 1. The average molecular weight is 358 g/mol. The summed E-state index contributed by atoms with van der Waals surface area (Å²) in [6.45, 7) is 1.84. The van der Waals surface area contributed by atoms with Crippen molar-refractivity contribution < 1.29 is 19.4 Å². The van der Waals surface area contributed by atoms with Crippen LogP contribution < -0.4 is 10.1 Å². The molecule has 8 nitrogen and oxygen atoms in total. The molecule has 0 radical (unpaired) electrons. The Morgan fingerprint density at radius 2 is 2.12 bits per heavy atom. The van der Waals surface area contributed by atoms with Crippen LogP contribution in [0.15, 0.2) is 36.8 Å². The molecule has 2 N–H and O–H groups in total. The molecule has 0 spiro atoms. The molecular formula is C16H14N4O4S. The molecule has 0 unspecified atom stereocenters. The molecule has 0 saturated heterocycles. The van der Waals surface area contributed by atoms with Crippen LogP contribution >= 0.6 is 11.3 Å². The number of nitrogens with zero attached hydrogens (tertiary/aromatic N) is 3. The molecule has 0 aliphatic heterocycles. The number of carbonyl (C=O) groups is 2. The molecule has 25 heavy (non-hydrogen) atoms. The average Bonchev–Trinajstić information content (AvgIpc) is 3.17. The quantitative estimate of drug-likeness (QED) is 0.726. The Bertz CT molecular complexity index is 930. The number of thiophene rings is 1. The van der Waals surface area contributed by atoms with Crippen LogP contribution in [0.3, 0.4) is 0 Å². The third kappa shape index (κ3) is 3.83. The van der Waals surface area contributed by atoms with Gasteiger partial charge in [-0.1, -0.05) is 11.3 Å². The highest BCUT2D eigenvalue weighted by molar-refractivity contribution is 7.16. The number of pyridine rings is 1. The third-order valence-corrected chi connectivity index (χ3v) is 4.22. The van der Waals surface area contributed by atoms with Crippen molar-refractivity contribution in [2.75, 3.05) is 5.32 Å². The van der Waals surface area contributed by atoms with Gasteiger partial charge in [-0.3, -0.25) is 14.5 Å². The Labute approximate surface area is 146 Å². The topological polar surface area (TPSA) is 106 Å². The van der Waals surface area contributed by atoms with Crippen LogP contribution in [-0.2, 0) is 7.05 Å². The minimum atomic E-state index is -1.10. The molecule has 1 amide bonds. The molecular weight excluding hydrogens is 344 g/mol. The fraction of sp³-hybridized carbons (Fsp3) is 0.125. The number of carboxylic acid groups (broad SMARTS) is 1. The summed E-state index contributed by atoms with van der Waals surface area (Å²) in [5.74, 6) is -1.06. The third-order valence-electron chi connectivity index (χ3n) is 3.22. The van der Waals surface area contributed by atoms with E-state index in [9.17, 15) is 14.7 Å². The molecule has 3 rings (SSSR count). The van der Waals surface area contributed by atoms with Gasteiger partial charge >= 0.3 is 5.97 Å². The lowest BCUT2D eigenvalue weighted by Gasteiger charge is -2.07. The lowest BCUT2D eigenvalue weighted by Crippen LogP contribution is -2.11. The molecule has 0 atom stereocenters. The van der Waals surface area contributed by atoms with Crippen LogP contribution in [0.1, 0.15) is 25.7 Å². The number of rotatable bonds is 5. The Balaban J connectivity index is 1.87. The normalized spacial score (nSPS) is 10.5. The van der Waals surface area contributed by atoms with Gasteiger partial charge in [0.1, 0.15) is 10.6 Å². The summed E-state index contributed by atoms with van der Waals surface area (Å²) in [6.07, 6.45) is 4.51. The molecule has 3 heterocycles. The SMILES string of the molecule is Cc1ccc(Oc2sc(C(=O)O)cc2NC(=O)c2cnn(C)c2)cn1. The zero-order valence-corrected chi connectivity index (χ0v) is 14.2. The lowest BCUT2D eigenvalue weighted by atomic mass is 10.3. The van der Waals surface area contributed by atoms with Crippen LogP contribution in [0.5, 0.6) is 10.8 Å². The maximum atomic E-state index is 12.3. The van der Waals surface area contributed by atoms with E-state index in [2.05, 4.69) is 15.4 Å². The number of amides is 1. The van der Waals surface area contributed by atoms with Crippen LogP contribution in [0.25, 0.3) is 0 Å². The number of nitrogens with one attached hydrogen (secondary N) is 1. The van der Waals surface area contributed by atoms with Crippen molar-refractivity contribution in [1.82, 2.24) is 14.8 Å². The van der Waals surface area contributed by atoms with Crippen molar-refractivity contribution in [3.8, 4) is 10.8 Å². The van der Waals surface area contributed by atoms with Crippen molar-refractivity contribution in [2.24, 2.45) is 7.05 Å². The Morgan fingerprint density at radius 1 is 1.32 bits per heavy atom. The molecule has 3 aromatic rings. The smallest absolute Gasteiger partial charge is 0.346 e. The number of aromatic nitrogens is 3. The van der Waals surface area contributed by atoms with E-state index in [1.165, 1.54) is 23.1 Å². The fourth-order valence-electron chi connectivity index (χ4n) is 2.00. The van der Waals surface area contributed by atoms with E-state index >= 15 is 0 Å². The van der Waals surface area contributed by atoms with E-state index in [1.54, 1.807) is 25.4 Å². The zero-order chi connectivity index (χ0) is 18.0. The summed E-state index contributed by atoms with van der Waals surface area (Å²) in [4.78, 5) is 27.7. The summed E-state index contributed by atoms with van der Waals surface area (Å²) in [5, 5.41) is 16.1. The second-order valence-electron chi connectivity index (χ2n) is 5.21. The highest BCUT2D eigenvalue weighted by Gasteiger charge is 2.19. The summed E-state index contributed by atoms with van der Waals surface area (Å²) in [7, 11) is 1.70. The molecule has 0 aromatic carbocycles. The molecule has 3 aromatic heterocycles. The molecule has 0 aliphatic rings. The monoisotopic (exact) mass is 358 g/mol. The predicted molar refractivity (Wildman–Crippen MR) is 91.5 cm³/mol. The zero-order valence-electron chi connectivity index (χ0n) is 13.4. The molecule has 0 aliphatic carbocycles. The summed E-state index contributed by atoms with van der Waals surface area (Å²) < 4.78 is 7.20.